The molecule has 1 heterocycles. The molecule has 4 nitrogen and oxygen atoms in total. The second kappa shape index (κ2) is 5.48. The van der Waals surface area contributed by atoms with Crippen molar-refractivity contribution in [1.82, 2.24) is 4.98 Å². The maximum absolute atomic E-state index is 12.3. The predicted octanol–water partition coefficient (Wildman–Crippen LogP) is 3.49. The van der Waals surface area contributed by atoms with Crippen molar-refractivity contribution >= 4 is 15.7 Å². The smallest absolute Gasteiger partial charge is 0.261 e. The number of aromatic nitrogens is 1. The number of anilines is 1. The topological polar surface area (TPSA) is 59.1 Å². The molecule has 21 heavy (non-hydrogen) atoms. The molecule has 0 fully saturated rings. The second-order valence-electron chi connectivity index (χ2n) is 6.07. The van der Waals surface area contributed by atoms with E-state index < -0.39 is 10.0 Å². The van der Waals surface area contributed by atoms with E-state index in [1.54, 1.807) is 30.5 Å². The van der Waals surface area contributed by atoms with E-state index in [1.165, 1.54) is 0 Å². The highest BCUT2D eigenvalue weighted by atomic mass is 32.2. The van der Waals surface area contributed by atoms with Crippen LogP contribution in [0.5, 0.6) is 0 Å². The van der Waals surface area contributed by atoms with E-state index in [-0.39, 0.29) is 10.3 Å². The number of aryl methyl sites for hydroxylation is 1. The Morgan fingerprint density at radius 3 is 2.19 bits per heavy atom. The van der Waals surface area contributed by atoms with Crippen molar-refractivity contribution in [3.8, 4) is 0 Å². The summed E-state index contributed by atoms with van der Waals surface area (Å²) in [6.07, 6.45) is 1.58. The first-order valence-corrected chi connectivity index (χ1v) is 8.23. The van der Waals surface area contributed by atoms with Crippen molar-refractivity contribution in [3.05, 3.63) is 53.9 Å². The van der Waals surface area contributed by atoms with Crippen LogP contribution in [0.2, 0.25) is 0 Å². The number of hydrogen-bond donors (Lipinski definition) is 1. The van der Waals surface area contributed by atoms with Gasteiger partial charge in [-0.1, -0.05) is 32.9 Å². The average Bonchev–Trinajstić information content (AvgIpc) is 2.37. The van der Waals surface area contributed by atoms with Crippen molar-refractivity contribution in [2.45, 2.75) is 38.0 Å². The fourth-order valence-corrected chi connectivity index (χ4v) is 3.01. The molecule has 0 spiro atoms. The lowest BCUT2D eigenvalue weighted by Gasteiger charge is -2.19. The molecule has 0 aliphatic carbocycles. The summed E-state index contributed by atoms with van der Waals surface area (Å²) in [5.74, 6) is 0. The zero-order valence-corrected chi connectivity index (χ0v) is 13.5. The molecule has 5 heteroatoms. The molecular formula is C16H20N2O2S. The minimum atomic E-state index is -3.57. The first-order valence-electron chi connectivity index (χ1n) is 6.74. The third kappa shape index (κ3) is 3.82. The van der Waals surface area contributed by atoms with Crippen LogP contribution < -0.4 is 4.72 Å². The highest BCUT2D eigenvalue weighted by Gasteiger charge is 2.17. The fraction of sp³-hybridized carbons (Fsp3) is 0.312. The van der Waals surface area contributed by atoms with Crippen LogP contribution in [-0.2, 0) is 15.4 Å². The predicted molar refractivity (Wildman–Crippen MR) is 84.9 cm³/mol. The second-order valence-corrected chi connectivity index (χ2v) is 7.75. The third-order valence-electron chi connectivity index (χ3n) is 3.18. The maximum Gasteiger partial charge on any atom is 0.261 e. The summed E-state index contributed by atoms with van der Waals surface area (Å²) >= 11 is 0. The Bertz CT molecular complexity index is 730. The van der Waals surface area contributed by atoms with Gasteiger partial charge < -0.3 is 0 Å². The molecule has 0 amide bonds. The number of nitrogens with zero attached hydrogens (tertiary/aromatic N) is 1. The van der Waals surface area contributed by atoms with Gasteiger partial charge in [-0.2, -0.15) is 0 Å². The van der Waals surface area contributed by atoms with Crippen LogP contribution in [0.15, 0.2) is 47.5 Å². The molecule has 0 aliphatic heterocycles. The van der Waals surface area contributed by atoms with Crippen molar-refractivity contribution in [2.75, 3.05) is 4.72 Å². The molecule has 0 radical (unpaired) electrons. The Kier molecular flexibility index (Phi) is 4.05. The number of rotatable bonds is 3. The van der Waals surface area contributed by atoms with Gasteiger partial charge in [-0.05, 0) is 42.2 Å². The summed E-state index contributed by atoms with van der Waals surface area (Å²) in [5.41, 5.74) is 2.37. The number of benzene rings is 1. The largest absolute Gasteiger partial charge is 0.280 e. The highest BCUT2D eigenvalue weighted by Crippen LogP contribution is 2.24. The molecule has 1 aromatic heterocycles. The summed E-state index contributed by atoms with van der Waals surface area (Å²) in [7, 11) is -3.57. The fourth-order valence-electron chi connectivity index (χ4n) is 1.96. The molecule has 0 aliphatic rings. The van der Waals surface area contributed by atoms with Gasteiger partial charge >= 0.3 is 0 Å². The Balaban J connectivity index is 2.28. The molecule has 1 N–H and O–H groups in total. The van der Waals surface area contributed by atoms with Gasteiger partial charge in [0.2, 0.25) is 0 Å². The maximum atomic E-state index is 12.3. The normalized spacial score (nSPS) is 12.2. The Morgan fingerprint density at radius 1 is 1.05 bits per heavy atom. The molecule has 1 aromatic carbocycles. The lowest BCUT2D eigenvalue weighted by atomic mass is 9.87. The van der Waals surface area contributed by atoms with Gasteiger partial charge in [0.05, 0.1) is 10.6 Å². The molecule has 0 unspecified atom stereocenters. The van der Waals surface area contributed by atoms with Crippen LogP contribution in [0.3, 0.4) is 0 Å². The summed E-state index contributed by atoms with van der Waals surface area (Å²) in [4.78, 5) is 4.30. The van der Waals surface area contributed by atoms with Crippen molar-refractivity contribution in [3.63, 3.8) is 0 Å². The van der Waals surface area contributed by atoms with Crippen molar-refractivity contribution in [1.29, 1.82) is 0 Å². The SMILES string of the molecule is Cc1cc(NS(=O)(=O)c2ccc(C(C)(C)C)cc2)ccn1. The van der Waals surface area contributed by atoms with Gasteiger partial charge in [0.25, 0.3) is 10.0 Å². The van der Waals surface area contributed by atoms with Crippen LogP contribution in [0, 0.1) is 6.92 Å². The summed E-state index contributed by atoms with van der Waals surface area (Å²) in [5, 5.41) is 0. The van der Waals surface area contributed by atoms with Gasteiger partial charge in [-0.3, -0.25) is 9.71 Å². The highest BCUT2D eigenvalue weighted by molar-refractivity contribution is 7.92. The molecule has 2 rings (SSSR count). The Morgan fingerprint density at radius 2 is 1.67 bits per heavy atom. The van der Waals surface area contributed by atoms with Gasteiger partial charge in [0, 0.05) is 11.9 Å². The van der Waals surface area contributed by atoms with Crippen molar-refractivity contribution < 1.29 is 8.42 Å². The van der Waals surface area contributed by atoms with Crippen LogP contribution >= 0.6 is 0 Å². The van der Waals surface area contributed by atoms with Gasteiger partial charge in [-0.25, -0.2) is 8.42 Å². The first kappa shape index (κ1) is 15.5. The Labute approximate surface area is 126 Å². The Hall–Kier alpha value is -1.88. The van der Waals surface area contributed by atoms with Gasteiger partial charge in [0.1, 0.15) is 0 Å². The number of pyridine rings is 1. The lowest BCUT2D eigenvalue weighted by molar-refractivity contribution is 0.587. The molecule has 0 atom stereocenters. The third-order valence-corrected chi connectivity index (χ3v) is 4.58. The summed E-state index contributed by atoms with van der Waals surface area (Å²) in [6, 6.07) is 10.3. The van der Waals surface area contributed by atoms with E-state index in [1.807, 2.05) is 19.1 Å². The molecular weight excluding hydrogens is 284 g/mol. The van der Waals surface area contributed by atoms with Crippen molar-refractivity contribution in [2.24, 2.45) is 0 Å². The van der Waals surface area contributed by atoms with E-state index >= 15 is 0 Å². The van der Waals surface area contributed by atoms with E-state index in [2.05, 4.69) is 30.5 Å². The van der Waals surface area contributed by atoms with Crippen LogP contribution in [-0.4, -0.2) is 13.4 Å². The minimum absolute atomic E-state index is 0.00205. The van der Waals surface area contributed by atoms with Gasteiger partial charge in [-0.15, -0.1) is 0 Å². The first-order chi connectivity index (χ1) is 9.68. The quantitative estimate of drug-likeness (QED) is 0.944. The monoisotopic (exact) mass is 304 g/mol. The lowest BCUT2D eigenvalue weighted by Crippen LogP contribution is -2.15. The summed E-state index contributed by atoms with van der Waals surface area (Å²) < 4.78 is 27.3. The minimum Gasteiger partial charge on any atom is -0.280 e. The van der Waals surface area contributed by atoms with E-state index in [4.69, 9.17) is 0 Å². The molecule has 2 aromatic rings. The van der Waals surface area contributed by atoms with Crippen LogP contribution in [0.25, 0.3) is 0 Å². The zero-order valence-electron chi connectivity index (χ0n) is 12.7. The average molecular weight is 304 g/mol. The molecule has 0 saturated carbocycles. The van der Waals surface area contributed by atoms with Crippen LogP contribution in [0.1, 0.15) is 32.0 Å². The zero-order chi connectivity index (χ0) is 15.7. The van der Waals surface area contributed by atoms with E-state index in [0.29, 0.717) is 5.69 Å². The number of nitrogens with one attached hydrogen (secondary N) is 1. The molecule has 0 saturated heterocycles. The van der Waals surface area contributed by atoms with E-state index in [9.17, 15) is 8.42 Å². The number of hydrogen-bond acceptors (Lipinski definition) is 3. The van der Waals surface area contributed by atoms with E-state index in [0.717, 1.165) is 11.3 Å². The summed E-state index contributed by atoms with van der Waals surface area (Å²) in [6.45, 7) is 8.09. The molecule has 0 bridgehead atoms. The van der Waals surface area contributed by atoms with Gasteiger partial charge in [0.15, 0.2) is 0 Å². The number of sulfonamides is 1. The van der Waals surface area contributed by atoms with Crippen LogP contribution in [0.4, 0.5) is 5.69 Å². The standard InChI is InChI=1S/C16H20N2O2S/c1-12-11-14(9-10-17-12)18-21(19,20)15-7-5-13(6-8-15)16(2,3)4/h5-11H,1-4H3,(H,17,18). The molecule has 112 valence electrons.